The topological polar surface area (TPSA) is 47.9 Å². The van der Waals surface area contributed by atoms with Gasteiger partial charge in [0.2, 0.25) is 12.5 Å². The molecule has 19 heavy (non-hydrogen) atoms. The quantitative estimate of drug-likeness (QED) is 0.940. The molecule has 0 radical (unpaired) electrons. The second-order valence-electron chi connectivity index (χ2n) is 4.05. The first-order chi connectivity index (χ1) is 9.25. The zero-order chi connectivity index (χ0) is 13.2. The third kappa shape index (κ3) is 2.33. The number of hydrogen-bond acceptors (Lipinski definition) is 4. The molecule has 0 spiro atoms. The number of ether oxygens (including phenoxy) is 3. The number of fused-ring (bicyclic) bond motifs is 1. The van der Waals surface area contributed by atoms with Crippen molar-refractivity contribution in [3.8, 4) is 23.0 Å². The van der Waals surface area contributed by atoms with E-state index >= 15 is 0 Å². The molecule has 1 heterocycles. The minimum atomic E-state index is 0.0623. The molecule has 98 valence electrons. The highest BCUT2D eigenvalue weighted by Gasteiger charge is 2.24. The first-order valence-electron chi connectivity index (χ1n) is 5.73. The number of aromatic hydroxyl groups is 1. The largest absolute Gasteiger partial charge is 0.506 e. The Kier molecular flexibility index (Phi) is 3.21. The summed E-state index contributed by atoms with van der Waals surface area (Å²) < 4.78 is 16.8. The average Bonchev–Trinajstić information content (AvgIpc) is 2.88. The van der Waals surface area contributed by atoms with Gasteiger partial charge in [-0.1, -0.05) is 30.3 Å². The summed E-state index contributed by atoms with van der Waals surface area (Å²) in [5.74, 6) is 1.52. The van der Waals surface area contributed by atoms with Crippen LogP contribution in [-0.2, 0) is 6.61 Å². The van der Waals surface area contributed by atoms with Crippen molar-refractivity contribution in [3.05, 3.63) is 46.4 Å². The summed E-state index contributed by atoms with van der Waals surface area (Å²) in [6.07, 6.45) is 0. The molecule has 1 N–H and O–H groups in total. The van der Waals surface area contributed by atoms with E-state index in [9.17, 15) is 5.11 Å². The van der Waals surface area contributed by atoms with Crippen LogP contribution in [-0.4, -0.2) is 11.9 Å². The normalized spacial score (nSPS) is 12.5. The van der Waals surface area contributed by atoms with Crippen molar-refractivity contribution in [1.82, 2.24) is 0 Å². The smallest absolute Gasteiger partial charge is 0.231 e. The molecular weight excluding hydrogens is 312 g/mol. The Labute approximate surface area is 118 Å². The van der Waals surface area contributed by atoms with Crippen molar-refractivity contribution in [2.24, 2.45) is 0 Å². The van der Waals surface area contributed by atoms with E-state index in [1.807, 2.05) is 30.3 Å². The van der Waals surface area contributed by atoms with E-state index in [0.717, 1.165) is 5.56 Å². The van der Waals surface area contributed by atoms with Crippen molar-refractivity contribution in [2.75, 3.05) is 6.79 Å². The molecule has 0 aromatic heterocycles. The van der Waals surface area contributed by atoms with Crippen LogP contribution in [0, 0.1) is 0 Å². The lowest BCUT2D eigenvalue weighted by molar-refractivity contribution is 0.169. The molecular formula is C14H11BrO4. The first-order valence-corrected chi connectivity index (χ1v) is 6.53. The van der Waals surface area contributed by atoms with E-state index in [1.54, 1.807) is 0 Å². The molecule has 0 aliphatic carbocycles. The van der Waals surface area contributed by atoms with Crippen molar-refractivity contribution in [3.63, 3.8) is 0 Å². The van der Waals surface area contributed by atoms with Gasteiger partial charge in [0.15, 0.2) is 11.5 Å². The molecule has 0 saturated carbocycles. The minimum absolute atomic E-state index is 0.0623. The first kappa shape index (κ1) is 12.2. The summed E-state index contributed by atoms with van der Waals surface area (Å²) in [5, 5.41) is 9.80. The molecule has 3 rings (SSSR count). The van der Waals surface area contributed by atoms with Crippen molar-refractivity contribution in [1.29, 1.82) is 0 Å². The van der Waals surface area contributed by atoms with Gasteiger partial charge in [-0.25, -0.2) is 0 Å². The van der Waals surface area contributed by atoms with Crippen molar-refractivity contribution < 1.29 is 19.3 Å². The predicted molar refractivity (Wildman–Crippen MR) is 72.7 cm³/mol. The third-order valence-corrected chi connectivity index (χ3v) is 3.53. The molecule has 5 heteroatoms. The third-order valence-electron chi connectivity index (χ3n) is 2.77. The molecule has 0 saturated heterocycles. The molecule has 0 amide bonds. The van der Waals surface area contributed by atoms with E-state index in [0.29, 0.717) is 28.3 Å². The maximum Gasteiger partial charge on any atom is 0.231 e. The highest BCUT2D eigenvalue weighted by molar-refractivity contribution is 9.10. The molecule has 0 unspecified atom stereocenters. The number of rotatable bonds is 3. The SMILES string of the molecule is Oc1cc2c(c(OCc3ccccc3)c1Br)OCO2. The lowest BCUT2D eigenvalue weighted by Gasteiger charge is -2.12. The Morgan fingerprint density at radius 2 is 2.00 bits per heavy atom. The maximum absolute atomic E-state index is 9.80. The van der Waals surface area contributed by atoms with E-state index in [2.05, 4.69) is 15.9 Å². The van der Waals surface area contributed by atoms with Crippen molar-refractivity contribution >= 4 is 15.9 Å². The van der Waals surface area contributed by atoms with Crippen molar-refractivity contribution in [2.45, 2.75) is 6.61 Å². The van der Waals surface area contributed by atoms with Gasteiger partial charge in [0.05, 0.1) is 0 Å². The summed E-state index contributed by atoms with van der Waals surface area (Å²) in [7, 11) is 0. The number of phenolic OH excluding ortho intramolecular Hbond substituents is 1. The Hall–Kier alpha value is -1.88. The lowest BCUT2D eigenvalue weighted by atomic mass is 10.2. The van der Waals surface area contributed by atoms with Gasteiger partial charge in [0.25, 0.3) is 0 Å². The predicted octanol–water partition coefficient (Wildman–Crippen LogP) is 3.46. The standard InChI is InChI=1S/C14H11BrO4/c15-12-10(16)6-11-13(19-8-18-11)14(12)17-7-9-4-2-1-3-5-9/h1-6,16H,7-8H2. The van der Waals surface area contributed by atoms with Gasteiger partial charge in [-0.3, -0.25) is 0 Å². The van der Waals surface area contributed by atoms with Crippen LogP contribution in [0.15, 0.2) is 40.9 Å². The van der Waals surface area contributed by atoms with Crippen LogP contribution >= 0.6 is 15.9 Å². The Morgan fingerprint density at radius 3 is 2.79 bits per heavy atom. The number of hydrogen-bond donors (Lipinski definition) is 1. The Balaban J connectivity index is 1.89. The second-order valence-corrected chi connectivity index (χ2v) is 4.84. The van der Waals surface area contributed by atoms with Gasteiger partial charge in [-0.05, 0) is 21.5 Å². The summed E-state index contributed by atoms with van der Waals surface area (Å²) >= 11 is 3.30. The molecule has 1 aliphatic rings. The fraction of sp³-hybridized carbons (Fsp3) is 0.143. The molecule has 0 bridgehead atoms. The van der Waals surface area contributed by atoms with Gasteiger partial charge < -0.3 is 19.3 Å². The lowest BCUT2D eigenvalue weighted by Crippen LogP contribution is -1.98. The summed E-state index contributed by atoms with van der Waals surface area (Å²) in [5.41, 5.74) is 1.03. The zero-order valence-electron chi connectivity index (χ0n) is 9.93. The maximum atomic E-state index is 9.80. The van der Waals surface area contributed by atoms with Crippen LogP contribution < -0.4 is 14.2 Å². The highest BCUT2D eigenvalue weighted by atomic mass is 79.9. The zero-order valence-corrected chi connectivity index (χ0v) is 11.5. The van der Waals surface area contributed by atoms with Crippen LogP contribution in [0.3, 0.4) is 0 Å². The molecule has 2 aromatic rings. The molecule has 0 fully saturated rings. The number of benzene rings is 2. The fourth-order valence-corrected chi connectivity index (χ4v) is 2.24. The molecule has 1 aliphatic heterocycles. The van der Waals surface area contributed by atoms with Crippen LogP contribution in [0.2, 0.25) is 0 Å². The van der Waals surface area contributed by atoms with E-state index in [1.165, 1.54) is 6.07 Å². The van der Waals surface area contributed by atoms with E-state index < -0.39 is 0 Å². The highest BCUT2D eigenvalue weighted by Crippen LogP contribution is 2.50. The monoisotopic (exact) mass is 322 g/mol. The second kappa shape index (κ2) is 5.01. The molecule has 0 atom stereocenters. The summed E-state index contributed by atoms with van der Waals surface area (Å²) in [4.78, 5) is 0. The van der Waals surface area contributed by atoms with Crippen LogP contribution in [0.1, 0.15) is 5.56 Å². The van der Waals surface area contributed by atoms with Gasteiger partial charge in [-0.2, -0.15) is 0 Å². The van der Waals surface area contributed by atoms with Crippen LogP contribution in [0.4, 0.5) is 0 Å². The number of phenols is 1. The van der Waals surface area contributed by atoms with Crippen LogP contribution in [0.25, 0.3) is 0 Å². The summed E-state index contributed by atoms with van der Waals surface area (Å²) in [6.45, 7) is 0.519. The van der Waals surface area contributed by atoms with Gasteiger partial charge in [0.1, 0.15) is 16.8 Å². The number of halogens is 1. The van der Waals surface area contributed by atoms with Crippen LogP contribution in [0.5, 0.6) is 23.0 Å². The van der Waals surface area contributed by atoms with Gasteiger partial charge in [-0.15, -0.1) is 0 Å². The molecule has 2 aromatic carbocycles. The molecule has 4 nitrogen and oxygen atoms in total. The Morgan fingerprint density at radius 1 is 1.21 bits per heavy atom. The Bertz CT molecular complexity index is 598. The summed E-state index contributed by atoms with van der Waals surface area (Å²) in [6, 6.07) is 11.3. The average molecular weight is 323 g/mol. The fourth-order valence-electron chi connectivity index (χ4n) is 1.84. The van der Waals surface area contributed by atoms with Gasteiger partial charge >= 0.3 is 0 Å². The van der Waals surface area contributed by atoms with Gasteiger partial charge in [0, 0.05) is 6.07 Å². The van der Waals surface area contributed by atoms with E-state index in [-0.39, 0.29) is 12.5 Å². The minimum Gasteiger partial charge on any atom is -0.506 e. The van der Waals surface area contributed by atoms with E-state index in [4.69, 9.17) is 14.2 Å².